The van der Waals surface area contributed by atoms with Crippen LogP contribution in [0.15, 0.2) is 35.3 Å². The van der Waals surface area contributed by atoms with Gasteiger partial charge >= 0.3 is 0 Å². The summed E-state index contributed by atoms with van der Waals surface area (Å²) in [5.41, 5.74) is 0. The second-order valence-electron chi connectivity index (χ2n) is 5.50. The molecule has 2 heterocycles. The fourth-order valence-corrected chi connectivity index (χ4v) is 3.19. The molecule has 2 aromatic rings. The van der Waals surface area contributed by atoms with Crippen LogP contribution < -0.4 is 24.8 Å². The minimum atomic E-state index is 0. The van der Waals surface area contributed by atoms with Gasteiger partial charge < -0.3 is 24.8 Å². The number of nitrogens with one attached hydrogen (secondary N) is 2. The molecule has 0 spiro atoms. The van der Waals surface area contributed by atoms with E-state index in [-0.39, 0.29) is 30.8 Å². The second-order valence-corrected chi connectivity index (χ2v) is 6.87. The first-order chi connectivity index (χ1) is 12.2. The fraction of sp³-hybridized carbons (Fsp3) is 0.389. The van der Waals surface area contributed by atoms with Crippen molar-refractivity contribution in [1.29, 1.82) is 0 Å². The Labute approximate surface area is 175 Å². The van der Waals surface area contributed by atoms with Crippen LogP contribution in [0.5, 0.6) is 17.2 Å². The molecule has 0 radical (unpaired) electrons. The Hall–Kier alpha value is -1.68. The van der Waals surface area contributed by atoms with Gasteiger partial charge in [0, 0.05) is 22.4 Å². The van der Waals surface area contributed by atoms with E-state index in [0.717, 1.165) is 29.8 Å². The van der Waals surface area contributed by atoms with Crippen LogP contribution in [-0.2, 0) is 6.54 Å². The number of rotatable bonds is 7. The number of aryl methyl sites for hydroxylation is 1. The van der Waals surface area contributed by atoms with Crippen LogP contribution in [0.1, 0.15) is 16.7 Å². The molecule has 0 unspecified atom stereocenters. The van der Waals surface area contributed by atoms with Crippen molar-refractivity contribution in [2.45, 2.75) is 20.4 Å². The Morgan fingerprint density at radius 2 is 2.04 bits per heavy atom. The zero-order valence-electron chi connectivity index (χ0n) is 14.9. The number of guanidine groups is 1. The third kappa shape index (κ3) is 5.94. The molecule has 3 rings (SSSR count). The quantitative estimate of drug-likeness (QED) is 0.270. The molecule has 0 bridgehead atoms. The summed E-state index contributed by atoms with van der Waals surface area (Å²) in [7, 11) is 0. The van der Waals surface area contributed by atoms with E-state index in [2.05, 4.69) is 41.6 Å². The van der Waals surface area contributed by atoms with E-state index in [1.165, 1.54) is 9.75 Å². The van der Waals surface area contributed by atoms with Crippen LogP contribution >= 0.6 is 35.3 Å². The molecule has 0 saturated carbocycles. The van der Waals surface area contributed by atoms with Gasteiger partial charge in [0.05, 0.1) is 13.1 Å². The van der Waals surface area contributed by atoms with Gasteiger partial charge in [0.2, 0.25) is 6.79 Å². The average molecular weight is 489 g/mol. The molecule has 6 nitrogen and oxygen atoms in total. The summed E-state index contributed by atoms with van der Waals surface area (Å²) < 4.78 is 16.4. The molecule has 0 amide bonds. The molecular weight excluding hydrogens is 465 g/mol. The Balaban J connectivity index is 0.00000243. The number of hydrogen-bond acceptors (Lipinski definition) is 5. The van der Waals surface area contributed by atoms with Crippen molar-refractivity contribution in [2.24, 2.45) is 4.99 Å². The van der Waals surface area contributed by atoms with Gasteiger partial charge in [-0.25, -0.2) is 4.99 Å². The third-order valence-electron chi connectivity index (χ3n) is 3.54. The summed E-state index contributed by atoms with van der Waals surface area (Å²) in [5.74, 6) is 3.05. The zero-order valence-corrected chi connectivity index (χ0v) is 18.1. The first-order valence-electron chi connectivity index (χ1n) is 8.34. The number of ether oxygens (including phenoxy) is 3. The first-order valence-corrected chi connectivity index (χ1v) is 9.16. The van der Waals surface area contributed by atoms with Crippen LogP contribution in [0.4, 0.5) is 0 Å². The molecule has 142 valence electrons. The lowest BCUT2D eigenvalue weighted by Crippen LogP contribution is -2.39. The Morgan fingerprint density at radius 1 is 1.19 bits per heavy atom. The molecule has 1 aromatic heterocycles. The Bertz CT molecular complexity index is 736. The molecule has 0 saturated heterocycles. The number of fused-ring (bicyclic) bond motifs is 1. The highest BCUT2D eigenvalue weighted by Crippen LogP contribution is 2.34. The molecule has 0 aliphatic carbocycles. The highest BCUT2D eigenvalue weighted by atomic mass is 127. The first kappa shape index (κ1) is 20.6. The van der Waals surface area contributed by atoms with Crippen molar-refractivity contribution in [3.8, 4) is 17.2 Å². The minimum absolute atomic E-state index is 0. The second kappa shape index (κ2) is 10.5. The maximum atomic E-state index is 5.75. The number of hydrogen-bond donors (Lipinski definition) is 2. The number of halogens is 1. The maximum Gasteiger partial charge on any atom is 0.231 e. The average Bonchev–Trinajstić information content (AvgIpc) is 3.24. The number of aliphatic imine (C=N–C) groups is 1. The summed E-state index contributed by atoms with van der Waals surface area (Å²) in [6.45, 7) is 7.11. The van der Waals surface area contributed by atoms with Crippen molar-refractivity contribution < 1.29 is 14.2 Å². The van der Waals surface area contributed by atoms with Gasteiger partial charge in [-0.05, 0) is 38.1 Å². The number of thiophene rings is 1. The Kier molecular flexibility index (Phi) is 8.30. The molecule has 26 heavy (non-hydrogen) atoms. The third-order valence-corrected chi connectivity index (χ3v) is 4.53. The topological polar surface area (TPSA) is 64.1 Å². The lowest BCUT2D eigenvalue weighted by molar-refractivity contribution is 0.173. The van der Waals surface area contributed by atoms with Crippen LogP contribution in [0.25, 0.3) is 0 Å². The standard InChI is InChI=1S/C18H23N3O3S.HI/c1-3-19-18(21-11-15-6-4-13(2)25-15)20-8-9-22-14-5-7-16-17(10-14)24-12-23-16;/h4-7,10H,3,8-9,11-12H2,1-2H3,(H2,19,20,21);1H. The summed E-state index contributed by atoms with van der Waals surface area (Å²) in [6, 6.07) is 9.83. The van der Waals surface area contributed by atoms with Crippen LogP contribution in [0.2, 0.25) is 0 Å². The van der Waals surface area contributed by atoms with Gasteiger partial charge in [0.25, 0.3) is 0 Å². The minimum Gasteiger partial charge on any atom is -0.492 e. The van der Waals surface area contributed by atoms with Crippen LogP contribution in [-0.4, -0.2) is 32.4 Å². The zero-order chi connectivity index (χ0) is 17.5. The predicted molar refractivity (Wildman–Crippen MR) is 115 cm³/mol. The predicted octanol–water partition coefficient (Wildman–Crippen LogP) is 3.54. The van der Waals surface area contributed by atoms with Gasteiger partial charge in [-0.2, -0.15) is 0 Å². The summed E-state index contributed by atoms with van der Waals surface area (Å²) in [5, 5.41) is 6.53. The maximum absolute atomic E-state index is 5.75. The molecule has 8 heteroatoms. The highest BCUT2D eigenvalue weighted by Gasteiger charge is 2.13. The molecule has 1 aliphatic heterocycles. The van der Waals surface area contributed by atoms with Crippen molar-refractivity contribution in [1.82, 2.24) is 10.6 Å². The molecule has 1 aromatic carbocycles. The van der Waals surface area contributed by atoms with Crippen molar-refractivity contribution in [3.05, 3.63) is 40.1 Å². The summed E-state index contributed by atoms with van der Waals surface area (Å²) in [6.07, 6.45) is 0. The fourth-order valence-electron chi connectivity index (χ4n) is 2.37. The van der Waals surface area contributed by atoms with Gasteiger partial charge in [-0.15, -0.1) is 35.3 Å². The normalized spacial score (nSPS) is 12.5. The van der Waals surface area contributed by atoms with E-state index in [1.54, 1.807) is 11.3 Å². The smallest absolute Gasteiger partial charge is 0.231 e. The largest absolute Gasteiger partial charge is 0.492 e. The van der Waals surface area contributed by atoms with E-state index in [0.29, 0.717) is 19.7 Å². The molecular formula is C18H24IN3O3S. The number of benzene rings is 1. The van der Waals surface area contributed by atoms with Crippen LogP contribution in [0.3, 0.4) is 0 Å². The lowest BCUT2D eigenvalue weighted by atomic mass is 10.3. The van der Waals surface area contributed by atoms with E-state index in [1.807, 2.05) is 18.2 Å². The van der Waals surface area contributed by atoms with Gasteiger partial charge in [0.15, 0.2) is 17.5 Å². The van der Waals surface area contributed by atoms with Gasteiger partial charge in [-0.3, -0.25) is 0 Å². The van der Waals surface area contributed by atoms with E-state index < -0.39 is 0 Å². The van der Waals surface area contributed by atoms with Gasteiger partial charge in [0.1, 0.15) is 12.4 Å². The molecule has 2 N–H and O–H groups in total. The monoisotopic (exact) mass is 489 g/mol. The molecule has 0 atom stereocenters. The van der Waals surface area contributed by atoms with Gasteiger partial charge in [-0.1, -0.05) is 0 Å². The highest BCUT2D eigenvalue weighted by molar-refractivity contribution is 14.0. The lowest BCUT2D eigenvalue weighted by Gasteiger charge is -2.12. The SMILES string of the molecule is CCNC(=NCc1ccc(C)s1)NCCOc1ccc2c(c1)OCO2.I. The van der Waals surface area contributed by atoms with E-state index in [4.69, 9.17) is 14.2 Å². The Morgan fingerprint density at radius 3 is 2.81 bits per heavy atom. The molecule has 0 fully saturated rings. The number of nitrogens with zero attached hydrogens (tertiary/aromatic N) is 1. The van der Waals surface area contributed by atoms with E-state index >= 15 is 0 Å². The van der Waals surface area contributed by atoms with Crippen LogP contribution in [0, 0.1) is 6.92 Å². The summed E-state index contributed by atoms with van der Waals surface area (Å²) >= 11 is 1.77. The molecule has 1 aliphatic rings. The summed E-state index contributed by atoms with van der Waals surface area (Å²) in [4.78, 5) is 7.16. The van der Waals surface area contributed by atoms with Crippen molar-refractivity contribution in [3.63, 3.8) is 0 Å². The van der Waals surface area contributed by atoms with Crippen molar-refractivity contribution in [2.75, 3.05) is 26.5 Å². The van der Waals surface area contributed by atoms with E-state index in [9.17, 15) is 0 Å². The van der Waals surface area contributed by atoms with Crippen molar-refractivity contribution >= 4 is 41.3 Å².